The first kappa shape index (κ1) is 15.0. The van der Waals surface area contributed by atoms with Crippen LogP contribution < -0.4 is 9.97 Å². The van der Waals surface area contributed by atoms with E-state index in [1.165, 1.54) is 6.92 Å². The third-order valence-corrected chi connectivity index (χ3v) is 3.72. The maximum absolute atomic E-state index is 11.2. The normalized spacial score (nSPS) is 17.2. The van der Waals surface area contributed by atoms with E-state index < -0.39 is 19.0 Å². The predicted octanol–water partition coefficient (Wildman–Crippen LogP) is 1.15. The summed E-state index contributed by atoms with van der Waals surface area (Å²) >= 11 is 11.9. The van der Waals surface area contributed by atoms with Gasteiger partial charge in [0.2, 0.25) is 5.91 Å². The molecule has 1 heterocycles. The van der Waals surface area contributed by atoms with Gasteiger partial charge in [-0.25, -0.2) is 4.79 Å². The molecule has 0 aromatic heterocycles. The van der Waals surface area contributed by atoms with Gasteiger partial charge in [-0.05, 0) is 12.5 Å². The summed E-state index contributed by atoms with van der Waals surface area (Å²) in [6.07, 6.45) is 0.121. The lowest BCUT2D eigenvalue weighted by Crippen LogP contribution is -2.52. The molecule has 9 heteroatoms. The quantitative estimate of drug-likeness (QED) is 0.711. The Kier molecular flexibility index (Phi) is 4.13. The molecule has 106 valence electrons. The van der Waals surface area contributed by atoms with Crippen LogP contribution in [0.5, 0.6) is 5.75 Å². The fourth-order valence-electron chi connectivity index (χ4n) is 2.04. The number of carboxylic acid groups (broad SMARTS) is 1. The van der Waals surface area contributed by atoms with Crippen molar-refractivity contribution in [2.24, 2.45) is 0 Å². The van der Waals surface area contributed by atoms with Crippen LogP contribution in [0.15, 0.2) is 6.07 Å². The Hall–Kier alpha value is -1.44. The minimum absolute atomic E-state index is 0.0268. The fraction of sp³-hybridized carbons (Fsp3) is 0.273. The van der Waals surface area contributed by atoms with Crippen LogP contribution >= 0.6 is 23.2 Å². The maximum atomic E-state index is 11.2. The molecule has 2 rings (SSSR count). The molecule has 0 spiro atoms. The van der Waals surface area contributed by atoms with Crippen LogP contribution in [0.3, 0.4) is 0 Å². The third kappa shape index (κ3) is 2.70. The number of carbonyl (C=O) groups is 2. The summed E-state index contributed by atoms with van der Waals surface area (Å²) in [5.41, 5.74) is 0.162. The summed E-state index contributed by atoms with van der Waals surface area (Å²) in [6.45, 7) is 1.30. The summed E-state index contributed by atoms with van der Waals surface area (Å²) in [7, 11) is -1.36. The fourth-order valence-corrected chi connectivity index (χ4v) is 2.49. The van der Waals surface area contributed by atoms with E-state index >= 15 is 0 Å². The lowest BCUT2D eigenvalue weighted by atomic mass is 9.72. The minimum Gasteiger partial charge on any atom is -0.534 e. The van der Waals surface area contributed by atoms with Crippen molar-refractivity contribution in [3.05, 3.63) is 27.2 Å². The zero-order chi connectivity index (χ0) is 15.0. The minimum atomic E-state index is -1.36. The van der Waals surface area contributed by atoms with Gasteiger partial charge < -0.3 is 20.1 Å². The Morgan fingerprint density at radius 3 is 2.70 bits per heavy atom. The standard InChI is InChI=1S/C11H10BCl2NO5/c1-4(16)15-8-3-5-9(14)7(13)2-6(11(17)18)10(5)20-12(8)19/h2,8,19H,3H2,1H3,(H,15,16)(H,17,18). The lowest BCUT2D eigenvalue weighted by Gasteiger charge is -2.29. The van der Waals surface area contributed by atoms with E-state index in [2.05, 4.69) is 5.32 Å². The number of carbonyl (C=O) groups excluding carboxylic acids is 1. The van der Waals surface area contributed by atoms with E-state index in [-0.39, 0.29) is 33.7 Å². The molecular weight excluding hydrogens is 308 g/mol. The Morgan fingerprint density at radius 1 is 1.50 bits per heavy atom. The van der Waals surface area contributed by atoms with Crippen molar-refractivity contribution >= 4 is 42.2 Å². The Labute approximate surface area is 124 Å². The molecule has 0 saturated heterocycles. The van der Waals surface area contributed by atoms with Crippen molar-refractivity contribution in [3.63, 3.8) is 0 Å². The molecule has 0 radical (unpaired) electrons. The van der Waals surface area contributed by atoms with Crippen molar-refractivity contribution < 1.29 is 24.4 Å². The Bertz CT molecular complexity index is 595. The molecule has 1 amide bonds. The van der Waals surface area contributed by atoms with Crippen LogP contribution in [0.25, 0.3) is 0 Å². The molecule has 0 bridgehead atoms. The first-order valence-electron chi connectivity index (χ1n) is 5.67. The SMILES string of the molecule is CC(=O)NC1Cc2c(Cl)c(Cl)cc(C(=O)O)c2OB1O. The van der Waals surface area contributed by atoms with Crippen LogP contribution in [0, 0.1) is 0 Å². The number of hydrogen-bond acceptors (Lipinski definition) is 4. The highest BCUT2D eigenvalue weighted by molar-refractivity contribution is 6.48. The van der Waals surface area contributed by atoms with Gasteiger partial charge >= 0.3 is 13.1 Å². The average Bonchev–Trinajstić information content (AvgIpc) is 2.34. The van der Waals surface area contributed by atoms with Gasteiger partial charge in [0.15, 0.2) is 0 Å². The van der Waals surface area contributed by atoms with Crippen molar-refractivity contribution in [3.8, 4) is 5.75 Å². The third-order valence-electron chi connectivity index (χ3n) is 2.89. The van der Waals surface area contributed by atoms with E-state index in [1.807, 2.05) is 0 Å². The van der Waals surface area contributed by atoms with E-state index in [0.717, 1.165) is 6.07 Å². The molecular formula is C11H10BCl2NO5. The number of carboxylic acids is 1. The van der Waals surface area contributed by atoms with Gasteiger partial charge in [0, 0.05) is 12.5 Å². The monoisotopic (exact) mass is 317 g/mol. The summed E-state index contributed by atoms with van der Waals surface area (Å²) in [5, 5.41) is 21.7. The van der Waals surface area contributed by atoms with Crippen LogP contribution in [0.2, 0.25) is 10.0 Å². The van der Waals surface area contributed by atoms with Crippen molar-refractivity contribution in [1.82, 2.24) is 5.32 Å². The van der Waals surface area contributed by atoms with E-state index in [4.69, 9.17) is 33.0 Å². The molecule has 6 nitrogen and oxygen atoms in total. The molecule has 20 heavy (non-hydrogen) atoms. The summed E-state index contributed by atoms with van der Waals surface area (Å²) < 4.78 is 5.19. The van der Waals surface area contributed by atoms with Gasteiger partial charge in [-0.2, -0.15) is 0 Å². The molecule has 1 unspecified atom stereocenters. The number of amides is 1. The van der Waals surface area contributed by atoms with Crippen LogP contribution in [-0.2, 0) is 11.2 Å². The number of halogens is 2. The van der Waals surface area contributed by atoms with Gasteiger partial charge in [0.05, 0.1) is 16.0 Å². The highest BCUT2D eigenvalue weighted by atomic mass is 35.5. The number of hydrogen-bond donors (Lipinski definition) is 3. The van der Waals surface area contributed by atoms with Gasteiger partial charge in [0.1, 0.15) is 11.3 Å². The average molecular weight is 318 g/mol. The van der Waals surface area contributed by atoms with Gasteiger partial charge in [-0.15, -0.1) is 0 Å². The van der Waals surface area contributed by atoms with Crippen molar-refractivity contribution in [2.75, 3.05) is 0 Å². The van der Waals surface area contributed by atoms with Gasteiger partial charge in [0.25, 0.3) is 0 Å². The van der Waals surface area contributed by atoms with E-state index in [1.54, 1.807) is 0 Å². The molecule has 3 N–H and O–H groups in total. The van der Waals surface area contributed by atoms with Crippen molar-refractivity contribution in [1.29, 1.82) is 0 Å². The summed E-state index contributed by atoms with van der Waals surface area (Å²) in [6, 6.07) is 1.16. The Balaban J connectivity index is 2.50. The smallest absolute Gasteiger partial charge is 0.534 e. The second-order valence-electron chi connectivity index (χ2n) is 4.35. The number of benzene rings is 1. The zero-order valence-electron chi connectivity index (χ0n) is 10.3. The van der Waals surface area contributed by atoms with Crippen LogP contribution in [0.1, 0.15) is 22.8 Å². The molecule has 1 aliphatic rings. The van der Waals surface area contributed by atoms with Crippen LogP contribution in [0.4, 0.5) is 0 Å². The van der Waals surface area contributed by atoms with Gasteiger partial charge in [-0.1, -0.05) is 23.2 Å². The first-order valence-corrected chi connectivity index (χ1v) is 6.42. The highest BCUT2D eigenvalue weighted by Gasteiger charge is 2.39. The topological polar surface area (TPSA) is 95.9 Å². The zero-order valence-corrected chi connectivity index (χ0v) is 11.8. The second-order valence-corrected chi connectivity index (χ2v) is 5.14. The van der Waals surface area contributed by atoms with Crippen LogP contribution in [-0.4, -0.2) is 35.1 Å². The Morgan fingerprint density at radius 2 is 2.15 bits per heavy atom. The predicted molar refractivity (Wildman–Crippen MR) is 73.3 cm³/mol. The second kappa shape index (κ2) is 5.51. The number of rotatable bonds is 2. The highest BCUT2D eigenvalue weighted by Crippen LogP contribution is 2.39. The molecule has 1 aromatic rings. The number of aromatic carboxylic acids is 1. The van der Waals surface area contributed by atoms with E-state index in [9.17, 15) is 14.6 Å². The molecule has 1 aromatic carbocycles. The molecule has 0 aliphatic carbocycles. The van der Waals surface area contributed by atoms with E-state index in [0.29, 0.717) is 5.56 Å². The summed E-state index contributed by atoms with van der Waals surface area (Å²) in [4.78, 5) is 22.2. The molecule has 1 atom stereocenters. The first-order chi connectivity index (χ1) is 9.31. The lowest BCUT2D eigenvalue weighted by molar-refractivity contribution is -0.119. The maximum Gasteiger partial charge on any atom is 0.547 e. The molecule has 0 fully saturated rings. The number of fused-ring (bicyclic) bond motifs is 1. The largest absolute Gasteiger partial charge is 0.547 e. The summed E-state index contributed by atoms with van der Waals surface area (Å²) in [5.74, 6) is -2.35. The molecule has 1 aliphatic heterocycles. The van der Waals surface area contributed by atoms with Gasteiger partial charge in [-0.3, -0.25) is 4.79 Å². The number of nitrogens with one attached hydrogen (secondary N) is 1. The van der Waals surface area contributed by atoms with Crippen molar-refractivity contribution in [2.45, 2.75) is 19.3 Å². The molecule has 0 saturated carbocycles.